The molecule has 0 saturated heterocycles. The highest BCUT2D eigenvalue weighted by molar-refractivity contribution is 6.01. The molecule has 0 saturated carbocycles. The maximum absolute atomic E-state index is 13.6. The summed E-state index contributed by atoms with van der Waals surface area (Å²) in [6, 6.07) is 17.5. The van der Waals surface area contributed by atoms with Gasteiger partial charge in [0.15, 0.2) is 0 Å². The second-order valence-electron chi connectivity index (χ2n) is 11.9. The number of nitrogens with two attached hydrogens (primary N) is 2. The van der Waals surface area contributed by atoms with E-state index in [-0.39, 0.29) is 17.2 Å². The number of rotatable bonds is 7. The molecule has 0 amide bonds. The lowest BCUT2D eigenvalue weighted by Gasteiger charge is -2.34. The van der Waals surface area contributed by atoms with Crippen molar-refractivity contribution in [3.05, 3.63) is 165 Å². The molecule has 1 aliphatic rings. The normalized spacial score (nSPS) is 18.8. The van der Waals surface area contributed by atoms with Gasteiger partial charge in [-0.1, -0.05) is 36.4 Å². The summed E-state index contributed by atoms with van der Waals surface area (Å²) in [4.78, 5) is 24.0. The predicted molar refractivity (Wildman–Crippen MR) is 176 cm³/mol. The van der Waals surface area contributed by atoms with Crippen LogP contribution in [0.5, 0.6) is 0 Å². The van der Waals surface area contributed by atoms with Crippen molar-refractivity contribution in [3.8, 4) is 0 Å². The number of nitrogens with one attached hydrogen (secondary N) is 1. The van der Waals surface area contributed by atoms with E-state index in [1.54, 1.807) is 44.2 Å². The van der Waals surface area contributed by atoms with E-state index in [9.17, 15) is 31.1 Å². The van der Waals surface area contributed by atoms with E-state index in [0.717, 1.165) is 6.20 Å². The number of aromatic nitrogens is 3. The second-order valence-corrected chi connectivity index (χ2v) is 11.9. The van der Waals surface area contributed by atoms with Crippen molar-refractivity contribution in [2.75, 3.05) is 0 Å². The topological polar surface area (TPSA) is 124 Å². The van der Waals surface area contributed by atoms with E-state index < -0.39 is 53.0 Å². The lowest BCUT2D eigenvalue weighted by Crippen LogP contribution is -2.51. The molecule has 6 rings (SSSR count). The smallest absolute Gasteiger partial charge is 0.321 e. The third-order valence-corrected chi connectivity index (χ3v) is 8.70. The summed E-state index contributed by atoms with van der Waals surface area (Å²) < 4.78 is 80.0. The van der Waals surface area contributed by atoms with Gasteiger partial charge in [0, 0.05) is 41.3 Å². The highest BCUT2D eigenvalue weighted by atomic mass is 19.3. The van der Waals surface area contributed by atoms with Crippen LogP contribution in [0.2, 0.25) is 0 Å². The quantitative estimate of drug-likeness (QED) is 0.146. The molecule has 50 heavy (non-hydrogen) atoms. The molecule has 1 aliphatic heterocycles. The van der Waals surface area contributed by atoms with Gasteiger partial charge in [0.2, 0.25) is 11.9 Å². The number of aliphatic imine (C=N–C) groups is 1. The number of benzene rings is 2. The van der Waals surface area contributed by atoms with Crippen LogP contribution in [0.15, 0.2) is 107 Å². The summed E-state index contributed by atoms with van der Waals surface area (Å²) in [5.74, 6) is -1.76. The summed E-state index contributed by atoms with van der Waals surface area (Å²) in [6.07, 6.45) is 3.75. The van der Waals surface area contributed by atoms with Crippen LogP contribution in [-0.2, 0) is 11.1 Å². The van der Waals surface area contributed by atoms with Gasteiger partial charge in [0.1, 0.15) is 23.0 Å². The Morgan fingerprint density at radius 3 is 1.90 bits per heavy atom. The molecule has 2 aromatic carbocycles. The minimum Gasteiger partial charge on any atom is -0.354 e. The molecule has 0 fully saturated rings. The first-order valence-corrected chi connectivity index (χ1v) is 15.3. The molecule has 5 aromatic rings. The maximum Gasteiger partial charge on any atom is 0.321 e. The zero-order valence-electron chi connectivity index (χ0n) is 27.1. The first kappa shape index (κ1) is 36.0. The largest absolute Gasteiger partial charge is 0.354 e. The minimum atomic E-state index is -3.01. The molecule has 8 nitrogen and oxygen atoms in total. The Hall–Kier alpha value is -5.34. The standard InChI is InChI=1S/C22H18F4N4O.C14H15F2N3/c1-12-9-14(11-30(20(12)31)21(25)26)19-28-13(2)22(29-19,15-3-6-17(23)7-4-15)16-5-8-18(24)27-10-16;1-9(17)14(18,10-2-5-12(15)6-3-10)11-4-7-13(16)19-8-11/h3-11,13,21H,1-2H3,(H,28,29);2-9H,17-18H2,1H3/t13-,22+;9-,14+/m00/s1. The van der Waals surface area contributed by atoms with Gasteiger partial charge >= 0.3 is 6.55 Å². The molecule has 0 aliphatic carbocycles. The lowest BCUT2D eigenvalue weighted by atomic mass is 9.79. The summed E-state index contributed by atoms with van der Waals surface area (Å²) >= 11 is 0. The van der Waals surface area contributed by atoms with E-state index in [4.69, 9.17) is 11.5 Å². The van der Waals surface area contributed by atoms with E-state index in [1.165, 1.54) is 67.8 Å². The number of hydrogen-bond donors (Lipinski definition) is 3. The Bertz CT molecular complexity index is 1940. The van der Waals surface area contributed by atoms with Gasteiger partial charge in [0.05, 0.1) is 11.6 Å². The van der Waals surface area contributed by atoms with Gasteiger partial charge in [-0.2, -0.15) is 17.6 Å². The Balaban J connectivity index is 0.000000219. The van der Waals surface area contributed by atoms with Gasteiger partial charge in [-0.05, 0) is 79.9 Å². The van der Waals surface area contributed by atoms with Crippen LogP contribution in [0.25, 0.3) is 0 Å². The van der Waals surface area contributed by atoms with E-state index in [2.05, 4.69) is 20.3 Å². The van der Waals surface area contributed by atoms with Gasteiger partial charge in [-0.25, -0.2) is 18.7 Å². The molecular weight excluding hydrogens is 660 g/mol. The molecule has 0 spiro atoms. The Morgan fingerprint density at radius 2 is 1.38 bits per heavy atom. The highest BCUT2D eigenvalue weighted by Gasteiger charge is 2.45. The Morgan fingerprint density at radius 1 is 0.840 bits per heavy atom. The van der Waals surface area contributed by atoms with Crippen molar-refractivity contribution < 1.29 is 26.3 Å². The first-order valence-electron chi connectivity index (χ1n) is 15.3. The van der Waals surface area contributed by atoms with Crippen LogP contribution in [0.3, 0.4) is 0 Å². The first-order chi connectivity index (χ1) is 23.7. The Kier molecular flexibility index (Phi) is 10.2. The number of amidine groups is 1. The van der Waals surface area contributed by atoms with Crippen LogP contribution in [0.1, 0.15) is 53.8 Å². The summed E-state index contributed by atoms with van der Waals surface area (Å²) in [7, 11) is 0. The molecule has 3 aromatic heterocycles. The molecule has 0 unspecified atom stereocenters. The molecule has 4 atom stereocenters. The molecular formula is C36H33F6N7O. The van der Waals surface area contributed by atoms with Gasteiger partial charge < -0.3 is 16.8 Å². The van der Waals surface area contributed by atoms with Gasteiger partial charge in [-0.15, -0.1) is 0 Å². The van der Waals surface area contributed by atoms with Crippen molar-refractivity contribution >= 4 is 5.84 Å². The average molecular weight is 694 g/mol. The molecule has 0 bridgehead atoms. The van der Waals surface area contributed by atoms with E-state index in [0.29, 0.717) is 32.4 Å². The number of hydrogen-bond acceptors (Lipinski definition) is 7. The van der Waals surface area contributed by atoms with Crippen LogP contribution >= 0.6 is 0 Å². The third-order valence-electron chi connectivity index (χ3n) is 8.70. The third kappa shape index (κ3) is 6.89. The van der Waals surface area contributed by atoms with Crippen LogP contribution in [0.4, 0.5) is 26.3 Å². The molecule has 260 valence electrons. The zero-order chi connectivity index (χ0) is 36.4. The number of nitrogens with zero attached hydrogens (tertiary/aromatic N) is 4. The van der Waals surface area contributed by atoms with Crippen molar-refractivity contribution in [3.63, 3.8) is 0 Å². The fraction of sp³-hybridized carbons (Fsp3) is 0.222. The van der Waals surface area contributed by atoms with Crippen LogP contribution in [0, 0.1) is 30.5 Å². The number of halogens is 6. The predicted octanol–water partition coefficient (Wildman–Crippen LogP) is 5.82. The van der Waals surface area contributed by atoms with Crippen molar-refractivity contribution in [1.82, 2.24) is 19.9 Å². The molecule has 5 N–H and O–H groups in total. The monoisotopic (exact) mass is 693 g/mol. The lowest BCUT2D eigenvalue weighted by molar-refractivity contribution is 0.0660. The van der Waals surface area contributed by atoms with Crippen molar-refractivity contribution in [1.29, 1.82) is 0 Å². The molecule has 14 heteroatoms. The van der Waals surface area contributed by atoms with Crippen LogP contribution < -0.4 is 22.3 Å². The van der Waals surface area contributed by atoms with Crippen molar-refractivity contribution in [2.24, 2.45) is 16.5 Å². The highest BCUT2D eigenvalue weighted by Crippen LogP contribution is 2.39. The fourth-order valence-electron chi connectivity index (χ4n) is 5.93. The summed E-state index contributed by atoms with van der Waals surface area (Å²) in [6.45, 7) is 1.98. The SMILES string of the molecule is C[C@H](N)[C@@](N)(c1ccc(F)cc1)c1ccc(F)nc1.Cc1cc(C2=N[C@@H](C)[C@@](c3ccc(F)cc3)(c3ccc(F)nc3)N2)cn(C(F)F)c1=O. The Labute approximate surface area is 283 Å². The van der Waals surface area contributed by atoms with E-state index in [1.807, 2.05) is 0 Å². The number of alkyl halides is 2. The molecule has 4 heterocycles. The second kappa shape index (κ2) is 14.3. The summed E-state index contributed by atoms with van der Waals surface area (Å²) in [5.41, 5.74) is 12.3. The van der Waals surface area contributed by atoms with Gasteiger partial charge in [-0.3, -0.25) is 14.4 Å². The van der Waals surface area contributed by atoms with Gasteiger partial charge in [0.25, 0.3) is 5.56 Å². The zero-order valence-corrected chi connectivity index (χ0v) is 27.1. The van der Waals surface area contributed by atoms with E-state index >= 15 is 0 Å². The molecule has 0 radical (unpaired) electrons. The summed E-state index contributed by atoms with van der Waals surface area (Å²) in [5, 5.41) is 3.26. The number of pyridine rings is 3. The van der Waals surface area contributed by atoms with Crippen molar-refractivity contribution in [2.45, 2.75) is 50.5 Å². The average Bonchev–Trinajstić information content (AvgIpc) is 3.44. The van der Waals surface area contributed by atoms with Crippen LogP contribution in [-0.4, -0.2) is 32.5 Å². The number of aryl methyl sites for hydroxylation is 1. The maximum atomic E-state index is 13.6. The minimum absolute atomic E-state index is 0.137. The fourth-order valence-corrected chi connectivity index (χ4v) is 5.93.